The van der Waals surface area contributed by atoms with E-state index < -0.39 is 0 Å². The molecule has 0 bridgehead atoms. The van der Waals surface area contributed by atoms with Crippen LogP contribution in [0, 0.1) is 0 Å². The number of rotatable bonds is 3. The first-order valence-corrected chi connectivity index (χ1v) is 6.59. The zero-order chi connectivity index (χ0) is 9.97. The summed E-state index contributed by atoms with van der Waals surface area (Å²) in [4.78, 5) is 0. The molecule has 2 heterocycles. The van der Waals surface area contributed by atoms with Crippen LogP contribution in [0.4, 0.5) is 0 Å². The van der Waals surface area contributed by atoms with Crippen molar-refractivity contribution >= 4 is 22.6 Å². The predicted octanol–water partition coefficient (Wildman–Crippen LogP) is 2.56. The highest BCUT2D eigenvalue weighted by atomic mass is 127. The minimum atomic E-state index is 0.287. The van der Waals surface area contributed by atoms with Crippen LogP contribution < -0.4 is 0 Å². The molecule has 1 aromatic heterocycles. The van der Waals surface area contributed by atoms with Gasteiger partial charge in [0.15, 0.2) is 0 Å². The molecule has 0 aromatic carbocycles. The molecule has 2 rings (SSSR count). The van der Waals surface area contributed by atoms with E-state index in [-0.39, 0.29) is 6.10 Å². The number of aryl methyl sites for hydroxylation is 1. The second kappa shape index (κ2) is 4.61. The molecule has 4 heteroatoms. The first-order chi connectivity index (χ1) is 6.83. The van der Waals surface area contributed by atoms with Gasteiger partial charge in [0.25, 0.3) is 0 Å². The Hall–Kier alpha value is -0.100. The average Bonchev–Trinajstić information content (AvgIpc) is 2.86. The zero-order valence-corrected chi connectivity index (χ0v) is 10.5. The van der Waals surface area contributed by atoms with Crippen LogP contribution in [0.1, 0.15) is 31.4 Å². The standard InChI is InChI=1S/C10H15IN2O/c1-2-13-7-8(6-12-13)10-4-3-9(5-11)14-10/h6-7,9-10H,2-5H2,1H3. The smallest absolute Gasteiger partial charge is 0.0860 e. The lowest BCUT2D eigenvalue weighted by atomic mass is 10.1. The lowest BCUT2D eigenvalue weighted by molar-refractivity contribution is 0.0597. The molecular weight excluding hydrogens is 291 g/mol. The molecule has 14 heavy (non-hydrogen) atoms. The normalized spacial score (nSPS) is 27.0. The Labute approximate surface area is 98.0 Å². The maximum Gasteiger partial charge on any atom is 0.0860 e. The third kappa shape index (κ3) is 2.11. The van der Waals surface area contributed by atoms with Gasteiger partial charge in [-0.05, 0) is 19.8 Å². The van der Waals surface area contributed by atoms with E-state index in [1.807, 2.05) is 10.9 Å². The van der Waals surface area contributed by atoms with E-state index in [0.717, 1.165) is 17.4 Å². The Morgan fingerprint density at radius 1 is 1.64 bits per heavy atom. The van der Waals surface area contributed by atoms with E-state index in [1.54, 1.807) is 0 Å². The van der Waals surface area contributed by atoms with Crippen LogP contribution >= 0.6 is 22.6 Å². The van der Waals surface area contributed by atoms with Gasteiger partial charge in [-0.25, -0.2) is 0 Å². The van der Waals surface area contributed by atoms with Gasteiger partial charge in [-0.15, -0.1) is 0 Å². The van der Waals surface area contributed by atoms with Crippen molar-refractivity contribution in [1.29, 1.82) is 0 Å². The molecule has 0 saturated carbocycles. The molecule has 1 fully saturated rings. The zero-order valence-electron chi connectivity index (χ0n) is 8.32. The maximum atomic E-state index is 5.89. The summed E-state index contributed by atoms with van der Waals surface area (Å²) < 4.78 is 8.94. The van der Waals surface area contributed by atoms with Crippen LogP contribution in [0.3, 0.4) is 0 Å². The van der Waals surface area contributed by atoms with Crippen molar-refractivity contribution in [3.8, 4) is 0 Å². The van der Waals surface area contributed by atoms with Crippen molar-refractivity contribution < 1.29 is 4.74 Å². The van der Waals surface area contributed by atoms with Gasteiger partial charge in [-0.1, -0.05) is 22.6 Å². The summed E-state index contributed by atoms with van der Waals surface area (Å²) in [6.07, 6.45) is 7.10. The third-order valence-electron chi connectivity index (χ3n) is 2.63. The van der Waals surface area contributed by atoms with Crippen LogP contribution in [-0.2, 0) is 11.3 Å². The summed E-state index contributed by atoms with van der Waals surface area (Å²) in [5.74, 6) is 0. The molecule has 3 nitrogen and oxygen atoms in total. The first kappa shape index (κ1) is 10.4. The van der Waals surface area contributed by atoms with Crippen molar-refractivity contribution in [1.82, 2.24) is 9.78 Å². The molecule has 2 atom stereocenters. The summed E-state index contributed by atoms with van der Waals surface area (Å²) in [6, 6.07) is 0. The second-order valence-electron chi connectivity index (χ2n) is 3.61. The molecule has 0 radical (unpaired) electrons. The number of ether oxygens (including phenoxy) is 1. The first-order valence-electron chi connectivity index (χ1n) is 5.07. The Morgan fingerprint density at radius 2 is 2.50 bits per heavy atom. The lowest BCUT2D eigenvalue weighted by Crippen LogP contribution is -2.06. The van der Waals surface area contributed by atoms with E-state index in [9.17, 15) is 0 Å². The molecule has 1 aromatic rings. The summed E-state index contributed by atoms with van der Waals surface area (Å²) in [7, 11) is 0. The van der Waals surface area contributed by atoms with Gasteiger partial charge in [0, 0.05) is 22.7 Å². The topological polar surface area (TPSA) is 27.1 Å². The molecular formula is C10H15IN2O. The number of aromatic nitrogens is 2. The van der Waals surface area contributed by atoms with Crippen LogP contribution in [-0.4, -0.2) is 20.3 Å². The minimum absolute atomic E-state index is 0.287. The van der Waals surface area contributed by atoms with Gasteiger partial charge in [-0.3, -0.25) is 4.68 Å². The molecule has 78 valence electrons. The highest BCUT2D eigenvalue weighted by molar-refractivity contribution is 14.1. The highest BCUT2D eigenvalue weighted by Crippen LogP contribution is 2.32. The average molecular weight is 306 g/mol. The van der Waals surface area contributed by atoms with Crippen LogP contribution in [0.15, 0.2) is 12.4 Å². The van der Waals surface area contributed by atoms with Gasteiger partial charge in [0.2, 0.25) is 0 Å². The Bertz CT molecular complexity index is 300. The van der Waals surface area contributed by atoms with Gasteiger partial charge in [-0.2, -0.15) is 5.10 Å². The number of nitrogens with zero attached hydrogens (tertiary/aromatic N) is 2. The molecule has 1 aliphatic heterocycles. The van der Waals surface area contributed by atoms with Crippen LogP contribution in [0.5, 0.6) is 0 Å². The van der Waals surface area contributed by atoms with Crippen molar-refractivity contribution in [2.24, 2.45) is 0 Å². The molecule has 1 saturated heterocycles. The molecule has 0 spiro atoms. The predicted molar refractivity (Wildman–Crippen MR) is 63.6 cm³/mol. The second-order valence-corrected chi connectivity index (χ2v) is 4.49. The Morgan fingerprint density at radius 3 is 3.07 bits per heavy atom. The summed E-state index contributed by atoms with van der Waals surface area (Å²) in [5.41, 5.74) is 1.24. The van der Waals surface area contributed by atoms with Crippen LogP contribution in [0.2, 0.25) is 0 Å². The van der Waals surface area contributed by atoms with Crippen molar-refractivity contribution in [3.63, 3.8) is 0 Å². The third-order valence-corrected chi connectivity index (χ3v) is 3.61. The van der Waals surface area contributed by atoms with E-state index in [2.05, 4.69) is 40.8 Å². The van der Waals surface area contributed by atoms with Crippen molar-refractivity contribution in [2.45, 2.75) is 38.5 Å². The number of alkyl halides is 1. The largest absolute Gasteiger partial charge is 0.369 e. The molecule has 0 N–H and O–H groups in total. The fourth-order valence-corrected chi connectivity index (χ4v) is 2.43. The van der Waals surface area contributed by atoms with E-state index in [4.69, 9.17) is 4.74 Å². The summed E-state index contributed by atoms with van der Waals surface area (Å²) >= 11 is 2.39. The van der Waals surface area contributed by atoms with Crippen LogP contribution in [0.25, 0.3) is 0 Å². The number of hydrogen-bond acceptors (Lipinski definition) is 2. The summed E-state index contributed by atoms with van der Waals surface area (Å²) in [5, 5.41) is 4.26. The number of hydrogen-bond donors (Lipinski definition) is 0. The lowest BCUT2D eigenvalue weighted by Gasteiger charge is -2.09. The Kier molecular flexibility index (Phi) is 3.43. The van der Waals surface area contributed by atoms with Gasteiger partial charge in [0.05, 0.1) is 18.4 Å². The molecule has 2 unspecified atom stereocenters. The Balaban J connectivity index is 2.02. The van der Waals surface area contributed by atoms with Gasteiger partial charge >= 0.3 is 0 Å². The monoisotopic (exact) mass is 306 g/mol. The van der Waals surface area contributed by atoms with E-state index in [0.29, 0.717) is 6.10 Å². The molecule has 0 amide bonds. The maximum absolute atomic E-state index is 5.89. The fourth-order valence-electron chi connectivity index (χ4n) is 1.78. The molecule has 0 aliphatic carbocycles. The van der Waals surface area contributed by atoms with Crippen molar-refractivity contribution in [3.05, 3.63) is 18.0 Å². The fraction of sp³-hybridized carbons (Fsp3) is 0.700. The molecule has 1 aliphatic rings. The quantitative estimate of drug-likeness (QED) is 0.634. The summed E-state index contributed by atoms with van der Waals surface area (Å²) in [6.45, 7) is 3.03. The van der Waals surface area contributed by atoms with E-state index >= 15 is 0 Å². The van der Waals surface area contributed by atoms with Crippen molar-refractivity contribution in [2.75, 3.05) is 4.43 Å². The number of halogens is 1. The van der Waals surface area contributed by atoms with Gasteiger partial charge < -0.3 is 4.74 Å². The highest BCUT2D eigenvalue weighted by Gasteiger charge is 2.26. The minimum Gasteiger partial charge on any atom is -0.369 e. The van der Waals surface area contributed by atoms with E-state index in [1.165, 1.54) is 12.0 Å². The SMILES string of the molecule is CCn1cc(C2CCC(CI)O2)cn1. The van der Waals surface area contributed by atoms with Gasteiger partial charge in [0.1, 0.15) is 0 Å².